The van der Waals surface area contributed by atoms with E-state index in [2.05, 4.69) is 12.6 Å². The van der Waals surface area contributed by atoms with Crippen molar-refractivity contribution >= 4 is 29.3 Å². The average molecular weight is 174 g/mol. The summed E-state index contributed by atoms with van der Waals surface area (Å²) in [6.45, 7) is 2.62. The molecule has 11 heavy (non-hydrogen) atoms. The lowest BCUT2D eigenvalue weighted by molar-refractivity contribution is -0.131. The van der Waals surface area contributed by atoms with E-state index < -0.39 is 11.0 Å². The minimum Gasteiger partial charge on any atom is -0.300 e. The maximum Gasteiger partial charge on any atom is 0.196 e. The normalized spacial score (nSPS) is 12.3. The van der Waals surface area contributed by atoms with Crippen molar-refractivity contribution in [3.63, 3.8) is 0 Å². The van der Waals surface area contributed by atoms with Crippen LogP contribution in [0.25, 0.3) is 0 Å². The van der Waals surface area contributed by atoms with E-state index >= 15 is 0 Å². The molecule has 0 saturated carbocycles. The second-order valence-corrected chi connectivity index (χ2v) is 2.85. The Morgan fingerprint density at radius 3 is 1.82 bits per heavy atom. The molecule has 0 heterocycles. The van der Waals surface area contributed by atoms with Crippen LogP contribution in [-0.2, 0) is 14.4 Å². The van der Waals surface area contributed by atoms with Gasteiger partial charge in [-0.1, -0.05) is 0 Å². The van der Waals surface area contributed by atoms with Crippen LogP contribution in [0.2, 0.25) is 0 Å². The van der Waals surface area contributed by atoms with Crippen molar-refractivity contribution in [2.24, 2.45) is 5.92 Å². The number of ketones is 2. The summed E-state index contributed by atoms with van der Waals surface area (Å²) in [7, 11) is 0. The maximum absolute atomic E-state index is 10.7. The summed E-state index contributed by atoms with van der Waals surface area (Å²) in [5.41, 5.74) is 0. The molecule has 1 unspecified atom stereocenters. The summed E-state index contributed by atoms with van der Waals surface area (Å²) in [5, 5.41) is -0.535. The van der Waals surface area contributed by atoms with Crippen LogP contribution in [0.5, 0.6) is 0 Å². The van der Waals surface area contributed by atoms with Crippen LogP contribution >= 0.6 is 12.6 Å². The van der Waals surface area contributed by atoms with Gasteiger partial charge < -0.3 is 0 Å². The van der Waals surface area contributed by atoms with Crippen LogP contribution in [0.4, 0.5) is 0 Å². The van der Waals surface area contributed by atoms with Crippen LogP contribution in [0.15, 0.2) is 0 Å². The molecule has 0 aliphatic heterocycles. The second-order valence-electron chi connectivity index (χ2n) is 2.41. The van der Waals surface area contributed by atoms with Gasteiger partial charge in [0, 0.05) is 6.42 Å². The van der Waals surface area contributed by atoms with Crippen molar-refractivity contribution in [3.05, 3.63) is 0 Å². The van der Waals surface area contributed by atoms with Gasteiger partial charge in [-0.3, -0.25) is 14.4 Å². The summed E-state index contributed by atoms with van der Waals surface area (Å²) in [5.74, 6) is -1.33. The van der Waals surface area contributed by atoms with E-state index in [4.69, 9.17) is 0 Å². The molecule has 0 radical (unpaired) electrons. The molecule has 4 heteroatoms. The van der Waals surface area contributed by atoms with E-state index in [9.17, 15) is 14.4 Å². The number of rotatable bonds is 4. The standard InChI is InChI=1S/C7H10O3S/c1-4(8)3-6(5(2)9)7(10)11/h6H,3H2,1-2H3,(H,10,11). The van der Waals surface area contributed by atoms with Crippen molar-refractivity contribution < 1.29 is 14.4 Å². The number of hydrogen-bond acceptors (Lipinski definition) is 3. The average Bonchev–Trinajstić information content (AvgIpc) is 1.81. The zero-order valence-corrected chi connectivity index (χ0v) is 7.35. The molecule has 0 aromatic heterocycles. The molecule has 0 fully saturated rings. The van der Waals surface area contributed by atoms with Crippen molar-refractivity contribution in [3.8, 4) is 0 Å². The van der Waals surface area contributed by atoms with E-state index in [0.29, 0.717) is 0 Å². The molecule has 0 aliphatic carbocycles. The first-order valence-corrected chi connectivity index (χ1v) is 3.62. The largest absolute Gasteiger partial charge is 0.300 e. The Bertz CT molecular complexity index is 184. The topological polar surface area (TPSA) is 51.2 Å². The van der Waals surface area contributed by atoms with Gasteiger partial charge in [-0.15, -0.1) is 12.6 Å². The lowest BCUT2D eigenvalue weighted by Gasteiger charge is -2.04. The smallest absolute Gasteiger partial charge is 0.196 e. The highest BCUT2D eigenvalue weighted by atomic mass is 32.1. The number of carbonyl (C=O) groups is 3. The molecule has 0 N–H and O–H groups in total. The van der Waals surface area contributed by atoms with Gasteiger partial charge >= 0.3 is 0 Å². The van der Waals surface area contributed by atoms with Gasteiger partial charge in [-0.2, -0.15) is 0 Å². The van der Waals surface area contributed by atoms with E-state index in [-0.39, 0.29) is 18.0 Å². The fourth-order valence-corrected chi connectivity index (χ4v) is 0.965. The minimum atomic E-state index is -0.851. The molecule has 1 atom stereocenters. The zero-order chi connectivity index (χ0) is 9.02. The molecule has 0 aliphatic rings. The van der Waals surface area contributed by atoms with Crippen LogP contribution in [0.3, 0.4) is 0 Å². The lowest BCUT2D eigenvalue weighted by atomic mass is 10.0. The molecule has 3 nitrogen and oxygen atoms in total. The number of Topliss-reactive ketones (excluding diaryl/α,β-unsaturated/α-hetero) is 2. The molecule has 62 valence electrons. The Morgan fingerprint density at radius 1 is 1.27 bits per heavy atom. The van der Waals surface area contributed by atoms with Crippen LogP contribution in [0.1, 0.15) is 20.3 Å². The number of hydrogen-bond donors (Lipinski definition) is 1. The van der Waals surface area contributed by atoms with Gasteiger partial charge in [-0.05, 0) is 13.8 Å². The molecular weight excluding hydrogens is 164 g/mol. The van der Waals surface area contributed by atoms with E-state index in [1.165, 1.54) is 13.8 Å². The van der Waals surface area contributed by atoms with E-state index in [0.717, 1.165) is 0 Å². The van der Waals surface area contributed by atoms with Crippen molar-refractivity contribution in [1.82, 2.24) is 0 Å². The highest BCUT2D eigenvalue weighted by Crippen LogP contribution is 2.08. The van der Waals surface area contributed by atoms with Gasteiger partial charge in [0.15, 0.2) is 5.12 Å². The Labute approximate surface area is 70.6 Å². The first-order valence-electron chi connectivity index (χ1n) is 3.18. The first-order chi connectivity index (χ1) is 4.95. The lowest BCUT2D eigenvalue weighted by Crippen LogP contribution is -2.20. The third-order valence-corrected chi connectivity index (χ3v) is 1.59. The predicted molar refractivity (Wildman–Crippen MR) is 43.5 cm³/mol. The van der Waals surface area contributed by atoms with Crippen molar-refractivity contribution in [1.29, 1.82) is 0 Å². The van der Waals surface area contributed by atoms with Gasteiger partial charge in [0.2, 0.25) is 0 Å². The Kier molecular flexibility index (Phi) is 4.03. The monoisotopic (exact) mass is 174 g/mol. The van der Waals surface area contributed by atoms with Crippen molar-refractivity contribution in [2.75, 3.05) is 0 Å². The molecule has 0 spiro atoms. The summed E-state index contributed by atoms with van der Waals surface area (Å²) in [6.07, 6.45) is -0.0301. The molecule has 0 aromatic rings. The van der Waals surface area contributed by atoms with E-state index in [1.807, 2.05) is 0 Å². The van der Waals surface area contributed by atoms with Gasteiger partial charge in [0.25, 0.3) is 0 Å². The fraction of sp³-hybridized carbons (Fsp3) is 0.571. The highest BCUT2D eigenvalue weighted by molar-refractivity contribution is 7.96. The van der Waals surface area contributed by atoms with Crippen LogP contribution < -0.4 is 0 Å². The Hall–Kier alpha value is -0.640. The molecule has 0 aromatic carbocycles. The van der Waals surface area contributed by atoms with Crippen LogP contribution in [0, 0.1) is 5.92 Å². The van der Waals surface area contributed by atoms with Gasteiger partial charge in [0.1, 0.15) is 11.6 Å². The third kappa shape index (κ3) is 3.93. The van der Waals surface area contributed by atoms with Crippen LogP contribution in [-0.4, -0.2) is 16.7 Å². The number of thiol groups is 1. The van der Waals surface area contributed by atoms with Gasteiger partial charge in [0.05, 0.1) is 5.92 Å². The predicted octanol–water partition coefficient (Wildman–Crippen LogP) is 0.627. The molecule has 0 rings (SSSR count). The van der Waals surface area contributed by atoms with E-state index in [1.54, 1.807) is 0 Å². The zero-order valence-electron chi connectivity index (χ0n) is 6.46. The SMILES string of the molecule is CC(=O)CC(C(C)=O)C(=O)S. The summed E-state index contributed by atoms with van der Waals surface area (Å²) >= 11 is 3.50. The Morgan fingerprint density at radius 2 is 1.73 bits per heavy atom. The first kappa shape index (κ1) is 10.4. The quantitative estimate of drug-likeness (QED) is 0.502. The second kappa shape index (κ2) is 4.28. The maximum atomic E-state index is 10.7. The minimum absolute atomic E-state index is 0.0301. The molecule has 0 bridgehead atoms. The number of carbonyl (C=O) groups excluding carboxylic acids is 3. The summed E-state index contributed by atoms with van der Waals surface area (Å²) in [6, 6.07) is 0. The molecule has 0 saturated heterocycles. The summed E-state index contributed by atoms with van der Waals surface area (Å²) in [4.78, 5) is 31.8. The fourth-order valence-electron chi connectivity index (χ4n) is 0.692. The van der Waals surface area contributed by atoms with Gasteiger partial charge in [-0.25, -0.2) is 0 Å². The van der Waals surface area contributed by atoms with Crippen molar-refractivity contribution in [2.45, 2.75) is 20.3 Å². The molecular formula is C7H10O3S. The molecule has 0 amide bonds. The third-order valence-electron chi connectivity index (χ3n) is 1.28. The summed E-state index contributed by atoms with van der Waals surface area (Å²) < 4.78 is 0. The Balaban J connectivity index is 4.23. The highest BCUT2D eigenvalue weighted by Gasteiger charge is 2.21.